The van der Waals surface area contributed by atoms with Crippen molar-refractivity contribution in [2.75, 3.05) is 0 Å². The summed E-state index contributed by atoms with van der Waals surface area (Å²) < 4.78 is 5.79. The van der Waals surface area contributed by atoms with Crippen LogP contribution < -0.4 is 0 Å². The molecular formula is C33H36BrNO3SSi. The highest BCUT2D eigenvalue weighted by Gasteiger charge is 2.70. The SMILES string of the molecule is C[SiH](C)C1(C(O)c2ccc(Br)o2)C(=O)N(C(C)(C)C)C1SC(c1ccccc1)(c1ccccc1)c1ccccc1. The zero-order valence-electron chi connectivity index (χ0n) is 23.5. The maximum atomic E-state index is 14.4. The molecule has 0 bridgehead atoms. The van der Waals surface area contributed by atoms with Crippen LogP contribution in [0.5, 0.6) is 0 Å². The molecule has 40 heavy (non-hydrogen) atoms. The fourth-order valence-corrected chi connectivity index (χ4v) is 11.7. The normalized spacial score (nSPS) is 20.4. The maximum Gasteiger partial charge on any atom is 0.233 e. The molecular weight excluding hydrogens is 598 g/mol. The number of nitrogens with zero attached hydrogens (tertiary/aromatic N) is 1. The summed E-state index contributed by atoms with van der Waals surface area (Å²) in [5.41, 5.74) is 2.93. The number of aliphatic hydroxyl groups excluding tert-OH is 1. The van der Waals surface area contributed by atoms with Gasteiger partial charge in [-0.05, 0) is 65.5 Å². The minimum absolute atomic E-state index is 0.00211. The number of β-lactam (4-membered cyclic amide) rings is 1. The van der Waals surface area contributed by atoms with Crippen LogP contribution in [0, 0.1) is 0 Å². The molecule has 208 valence electrons. The number of carbonyl (C=O) groups is 1. The topological polar surface area (TPSA) is 53.7 Å². The van der Waals surface area contributed by atoms with Crippen LogP contribution in [0.2, 0.25) is 18.1 Å². The van der Waals surface area contributed by atoms with Gasteiger partial charge in [0, 0.05) is 5.54 Å². The molecule has 3 atom stereocenters. The number of aliphatic hydroxyl groups is 1. The molecule has 2 heterocycles. The average molecular weight is 635 g/mol. The van der Waals surface area contributed by atoms with Gasteiger partial charge < -0.3 is 14.4 Å². The second-order valence-corrected chi connectivity index (χ2v) is 17.1. The van der Waals surface area contributed by atoms with Crippen molar-refractivity contribution in [2.45, 2.75) is 60.7 Å². The van der Waals surface area contributed by atoms with E-state index in [1.165, 1.54) is 0 Å². The quantitative estimate of drug-likeness (QED) is 0.121. The van der Waals surface area contributed by atoms with Crippen molar-refractivity contribution in [2.24, 2.45) is 0 Å². The van der Waals surface area contributed by atoms with Gasteiger partial charge in [-0.1, -0.05) is 104 Å². The van der Waals surface area contributed by atoms with Gasteiger partial charge in [-0.25, -0.2) is 0 Å². The molecule has 4 aromatic rings. The number of carbonyl (C=O) groups excluding carboxylic acids is 1. The third kappa shape index (κ3) is 4.61. The van der Waals surface area contributed by atoms with E-state index in [-0.39, 0.29) is 11.3 Å². The molecule has 1 N–H and O–H groups in total. The summed E-state index contributed by atoms with van der Waals surface area (Å²) in [6, 6.07) is 35.1. The lowest BCUT2D eigenvalue weighted by atomic mass is 9.83. The van der Waals surface area contributed by atoms with E-state index in [0.29, 0.717) is 10.4 Å². The van der Waals surface area contributed by atoms with E-state index in [0.717, 1.165) is 16.7 Å². The summed E-state index contributed by atoms with van der Waals surface area (Å²) in [6.45, 7) is 10.6. The van der Waals surface area contributed by atoms with Crippen LogP contribution in [0.25, 0.3) is 0 Å². The molecule has 3 unspecified atom stereocenters. The molecule has 1 fully saturated rings. The Bertz CT molecular complexity index is 1360. The lowest BCUT2D eigenvalue weighted by Crippen LogP contribution is -2.74. The van der Waals surface area contributed by atoms with Crippen LogP contribution in [0.4, 0.5) is 0 Å². The Morgan fingerprint density at radius 2 is 1.30 bits per heavy atom. The molecule has 3 aromatic carbocycles. The van der Waals surface area contributed by atoms with Crippen molar-refractivity contribution in [3.8, 4) is 0 Å². The van der Waals surface area contributed by atoms with E-state index < -0.39 is 30.2 Å². The summed E-state index contributed by atoms with van der Waals surface area (Å²) in [5, 5.41) is 10.8. The number of likely N-dealkylation sites (tertiary alicyclic amines) is 1. The highest BCUT2D eigenvalue weighted by Crippen LogP contribution is 2.67. The molecule has 7 heteroatoms. The molecule has 0 spiro atoms. The van der Waals surface area contributed by atoms with E-state index in [4.69, 9.17) is 4.42 Å². The monoisotopic (exact) mass is 633 g/mol. The third-order valence-electron chi connectivity index (χ3n) is 8.06. The van der Waals surface area contributed by atoms with Crippen LogP contribution in [-0.2, 0) is 9.54 Å². The van der Waals surface area contributed by atoms with E-state index in [2.05, 4.69) is 123 Å². The number of furan rings is 1. The predicted molar refractivity (Wildman–Crippen MR) is 170 cm³/mol. The molecule has 4 nitrogen and oxygen atoms in total. The lowest BCUT2D eigenvalue weighted by molar-refractivity contribution is -0.165. The second kappa shape index (κ2) is 11.0. The first kappa shape index (κ1) is 28.9. The Morgan fingerprint density at radius 1 is 0.850 bits per heavy atom. The first-order valence-electron chi connectivity index (χ1n) is 13.7. The van der Waals surface area contributed by atoms with Gasteiger partial charge >= 0.3 is 0 Å². The largest absolute Gasteiger partial charge is 0.452 e. The van der Waals surface area contributed by atoms with Gasteiger partial charge in [0.15, 0.2) is 4.67 Å². The molecule has 0 radical (unpaired) electrons. The van der Waals surface area contributed by atoms with Crippen molar-refractivity contribution in [3.63, 3.8) is 0 Å². The molecule has 1 aliphatic heterocycles. The maximum absolute atomic E-state index is 14.4. The average Bonchev–Trinajstić information content (AvgIpc) is 3.38. The number of benzene rings is 3. The van der Waals surface area contributed by atoms with Crippen LogP contribution in [-0.4, -0.2) is 35.6 Å². The van der Waals surface area contributed by atoms with Crippen LogP contribution in [0.1, 0.15) is 49.3 Å². The van der Waals surface area contributed by atoms with Gasteiger partial charge in [0.05, 0.1) is 18.9 Å². The molecule has 0 aliphatic carbocycles. The Labute approximate surface area is 251 Å². The summed E-state index contributed by atoms with van der Waals surface area (Å²) in [6.07, 6.45) is -1.06. The van der Waals surface area contributed by atoms with Crippen molar-refractivity contribution < 1.29 is 14.3 Å². The smallest absolute Gasteiger partial charge is 0.233 e. The Hall–Kier alpha value is -2.58. The van der Waals surface area contributed by atoms with Gasteiger partial charge in [-0.15, -0.1) is 11.8 Å². The van der Waals surface area contributed by atoms with Crippen molar-refractivity contribution in [3.05, 3.63) is 130 Å². The molecule has 1 amide bonds. The van der Waals surface area contributed by atoms with E-state index in [1.54, 1.807) is 23.9 Å². The minimum atomic E-state index is -1.87. The van der Waals surface area contributed by atoms with Gasteiger partial charge in [-0.3, -0.25) is 4.79 Å². The molecule has 1 aliphatic rings. The molecule has 0 saturated carbocycles. The number of thioether (sulfide) groups is 1. The number of hydrogen-bond donors (Lipinski definition) is 1. The summed E-state index contributed by atoms with van der Waals surface area (Å²) >= 11 is 5.16. The van der Waals surface area contributed by atoms with E-state index in [9.17, 15) is 9.90 Å². The standard InChI is InChI=1S/C33H36BrNO3SSi/c1-31(2,3)35-29(37)33(40(4)5,28(36)26-21-22-27(34)38-26)30(35)39-32(23-15-9-6-10-16-23,24-17-11-7-12-18-24)25-19-13-8-14-20-25/h6-22,28,30,36,40H,1-5H3. The van der Waals surface area contributed by atoms with Crippen LogP contribution >= 0.6 is 27.7 Å². The first-order valence-corrected chi connectivity index (χ1v) is 18.2. The summed E-state index contributed by atoms with van der Waals surface area (Å²) in [7, 11) is -1.87. The molecule has 1 aromatic heterocycles. The Morgan fingerprint density at radius 3 is 1.65 bits per heavy atom. The predicted octanol–water partition coefficient (Wildman–Crippen LogP) is 7.99. The fraction of sp³-hybridized carbons (Fsp3) is 0.303. The summed E-state index contributed by atoms with van der Waals surface area (Å²) in [4.78, 5) is 16.4. The number of halogens is 1. The van der Waals surface area contributed by atoms with Crippen molar-refractivity contribution in [1.29, 1.82) is 0 Å². The first-order chi connectivity index (χ1) is 19.0. The lowest BCUT2D eigenvalue weighted by Gasteiger charge is -2.64. The van der Waals surface area contributed by atoms with Crippen molar-refractivity contribution >= 4 is 42.4 Å². The Balaban J connectivity index is 1.79. The van der Waals surface area contributed by atoms with Gasteiger partial charge in [0.2, 0.25) is 5.91 Å². The molecule has 5 rings (SSSR count). The highest BCUT2D eigenvalue weighted by molar-refractivity contribution is 9.10. The Kier molecular flexibility index (Phi) is 7.96. The van der Waals surface area contributed by atoms with E-state index >= 15 is 0 Å². The van der Waals surface area contributed by atoms with Gasteiger partial charge in [-0.2, -0.15) is 0 Å². The minimum Gasteiger partial charge on any atom is -0.452 e. The van der Waals surface area contributed by atoms with Gasteiger partial charge in [0.1, 0.15) is 16.9 Å². The fourth-order valence-electron chi connectivity index (χ4n) is 6.08. The summed E-state index contributed by atoms with van der Waals surface area (Å²) in [5.74, 6) is 0.424. The van der Waals surface area contributed by atoms with Crippen molar-refractivity contribution in [1.82, 2.24) is 4.90 Å². The second-order valence-electron chi connectivity index (χ2n) is 11.7. The van der Waals surface area contributed by atoms with E-state index in [1.807, 2.05) is 23.1 Å². The van der Waals surface area contributed by atoms with Crippen LogP contribution in [0.15, 0.2) is 112 Å². The number of rotatable bonds is 8. The zero-order chi connectivity index (χ0) is 28.7. The zero-order valence-corrected chi connectivity index (χ0v) is 27.1. The van der Waals surface area contributed by atoms with Gasteiger partial charge in [0.25, 0.3) is 0 Å². The highest BCUT2D eigenvalue weighted by atomic mass is 79.9. The van der Waals surface area contributed by atoms with Crippen LogP contribution in [0.3, 0.4) is 0 Å². The number of amides is 1. The number of hydrogen-bond acceptors (Lipinski definition) is 4. The third-order valence-corrected chi connectivity index (χ3v) is 13.4. The molecule has 1 saturated heterocycles.